The summed E-state index contributed by atoms with van der Waals surface area (Å²) in [6.45, 7) is -0.398. The van der Waals surface area contributed by atoms with Crippen LogP contribution in [0.4, 0.5) is 0 Å². The van der Waals surface area contributed by atoms with Crippen LogP contribution in [0.3, 0.4) is 0 Å². The maximum Gasteiger partial charge on any atom is 0.346 e. The van der Waals surface area contributed by atoms with Gasteiger partial charge in [-0.15, -0.1) is 0 Å². The van der Waals surface area contributed by atoms with Crippen LogP contribution in [0.2, 0.25) is 0 Å². The number of hydrogen-bond acceptors (Lipinski definition) is 4. The largest absolute Gasteiger partial charge is 0.396 e. The molecule has 0 bridgehead atoms. The van der Waals surface area contributed by atoms with Gasteiger partial charge >= 0.3 is 7.60 Å². The summed E-state index contributed by atoms with van der Waals surface area (Å²) in [4.78, 5) is 8.37. The predicted octanol–water partition coefficient (Wildman–Crippen LogP) is -0.946. The summed E-state index contributed by atoms with van der Waals surface area (Å²) in [7, 11) is -3.65. The minimum absolute atomic E-state index is 0.316. The maximum absolute atomic E-state index is 10.2. The molecule has 0 saturated heterocycles. The van der Waals surface area contributed by atoms with Crippen LogP contribution in [0.25, 0.3) is 0 Å². The number of hydrogen-bond donors (Lipinski definition) is 3. The van der Waals surface area contributed by atoms with E-state index in [4.69, 9.17) is 10.00 Å². The highest BCUT2D eigenvalue weighted by Crippen LogP contribution is 2.38. The molecule has 0 aliphatic carbocycles. The van der Waals surface area contributed by atoms with Crippen molar-refractivity contribution in [3.05, 3.63) is 0 Å². The molecule has 0 aromatic rings. The molecule has 5 nitrogen and oxygen atoms in total. The highest BCUT2D eigenvalue weighted by molar-refractivity contribution is 7.52. The van der Waals surface area contributed by atoms with E-state index < -0.39 is 14.2 Å². The van der Waals surface area contributed by atoms with E-state index in [-0.39, 0.29) is 6.16 Å². The second-order valence-corrected chi connectivity index (χ2v) is 3.12. The summed E-state index contributed by atoms with van der Waals surface area (Å²) in [5.41, 5.74) is 0. The molecule has 0 amide bonds. The highest BCUT2D eigenvalue weighted by atomic mass is 31.2. The van der Waals surface area contributed by atoms with Gasteiger partial charge in [-0.25, -0.2) is 10.5 Å². The van der Waals surface area contributed by atoms with Crippen LogP contribution in [0.15, 0.2) is 0 Å². The third-order valence-corrected chi connectivity index (χ3v) is 1.64. The van der Waals surface area contributed by atoms with Crippen LogP contribution in [-0.2, 0) is 9.19 Å². The first-order chi connectivity index (χ1) is 3.62. The third kappa shape index (κ3) is 3.12. The average Bonchev–Trinajstić information content (AvgIpc) is 1.67. The number of nitrogens with two attached hydrogens (primary N) is 1. The SMILES string of the molecule is NOP(=O)(O)CCO. The smallest absolute Gasteiger partial charge is 0.346 e. The van der Waals surface area contributed by atoms with Crippen molar-refractivity contribution in [1.82, 2.24) is 0 Å². The predicted molar refractivity (Wildman–Crippen MR) is 27.1 cm³/mol. The molecule has 0 heterocycles. The van der Waals surface area contributed by atoms with Crippen molar-refractivity contribution in [2.45, 2.75) is 0 Å². The highest BCUT2D eigenvalue weighted by Gasteiger charge is 2.15. The Bertz CT molecular complexity index is 104. The van der Waals surface area contributed by atoms with E-state index in [1.54, 1.807) is 0 Å². The molecular formula is C2H8NO4P. The molecular weight excluding hydrogens is 133 g/mol. The van der Waals surface area contributed by atoms with Crippen LogP contribution >= 0.6 is 7.60 Å². The maximum atomic E-state index is 10.2. The second kappa shape index (κ2) is 3.17. The summed E-state index contributed by atoms with van der Waals surface area (Å²) < 4.78 is 13.9. The fraction of sp³-hybridized carbons (Fsp3) is 1.00. The minimum atomic E-state index is -3.65. The van der Waals surface area contributed by atoms with Gasteiger partial charge in [0, 0.05) is 0 Å². The Morgan fingerprint density at radius 2 is 2.25 bits per heavy atom. The van der Waals surface area contributed by atoms with Crippen molar-refractivity contribution < 1.29 is 19.2 Å². The summed E-state index contributed by atoms with van der Waals surface area (Å²) in [6, 6.07) is 0. The van der Waals surface area contributed by atoms with Crippen LogP contribution in [-0.4, -0.2) is 22.8 Å². The number of aliphatic hydroxyl groups is 1. The Morgan fingerprint density at radius 1 is 1.75 bits per heavy atom. The lowest BCUT2D eigenvalue weighted by atomic mass is 10.9. The monoisotopic (exact) mass is 141 g/mol. The van der Waals surface area contributed by atoms with E-state index in [1.807, 2.05) is 0 Å². The van der Waals surface area contributed by atoms with Gasteiger partial charge in [0.05, 0.1) is 12.8 Å². The van der Waals surface area contributed by atoms with Crippen molar-refractivity contribution in [3.63, 3.8) is 0 Å². The standard InChI is InChI=1S/C2H8NO4P/c3-7-8(5,6)2-1-4/h4H,1-3H2,(H,5,6). The van der Waals surface area contributed by atoms with E-state index in [2.05, 4.69) is 10.5 Å². The normalized spacial score (nSPS) is 17.9. The van der Waals surface area contributed by atoms with E-state index in [0.717, 1.165) is 0 Å². The number of rotatable bonds is 3. The van der Waals surface area contributed by atoms with Crippen LogP contribution in [0.5, 0.6) is 0 Å². The molecule has 0 fully saturated rings. The zero-order valence-electron chi connectivity index (χ0n) is 4.15. The van der Waals surface area contributed by atoms with Crippen LogP contribution in [0.1, 0.15) is 0 Å². The van der Waals surface area contributed by atoms with Gasteiger partial charge in [-0.3, -0.25) is 4.57 Å². The molecule has 0 radical (unpaired) electrons. The van der Waals surface area contributed by atoms with Gasteiger partial charge in [0.15, 0.2) is 0 Å². The molecule has 0 aromatic carbocycles. The molecule has 6 heteroatoms. The summed E-state index contributed by atoms with van der Waals surface area (Å²) in [6.07, 6.45) is -0.316. The van der Waals surface area contributed by atoms with Gasteiger partial charge in [-0.05, 0) is 0 Å². The average molecular weight is 141 g/mol. The Kier molecular flexibility index (Phi) is 3.19. The molecule has 0 aliphatic heterocycles. The molecule has 1 atom stereocenters. The number of aliphatic hydroxyl groups excluding tert-OH is 1. The lowest BCUT2D eigenvalue weighted by Gasteiger charge is -2.02. The van der Waals surface area contributed by atoms with Gasteiger partial charge in [-0.1, -0.05) is 0 Å². The zero-order valence-corrected chi connectivity index (χ0v) is 5.04. The Labute approximate surface area is 46.6 Å². The summed E-state index contributed by atoms with van der Waals surface area (Å²) in [5.74, 6) is 4.37. The molecule has 0 spiro atoms. The van der Waals surface area contributed by atoms with Crippen molar-refractivity contribution in [2.75, 3.05) is 12.8 Å². The fourth-order valence-electron chi connectivity index (χ4n) is 0.179. The molecule has 0 rings (SSSR count). The quantitative estimate of drug-likeness (QED) is 0.348. The molecule has 50 valence electrons. The van der Waals surface area contributed by atoms with E-state index in [0.29, 0.717) is 0 Å². The Morgan fingerprint density at radius 3 is 2.38 bits per heavy atom. The van der Waals surface area contributed by atoms with Gasteiger partial charge in [-0.2, -0.15) is 0 Å². The van der Waals surface area contributed by atoms with Crippen LogP contribution in [0, 0.1) is 0 Å². The topological polar surface area (TPSA) is 92.8 Å². The first-order valence-corrected chi connectivity index (χ1v) is 3.70. The Balaban J connectivity index is 3.55. The molecule has 4 N–H and O–H groups in total. The molecule has 8 heavy (non-hydrogen) atoms. The fourth-order valence-corrected chi connectivity index (χ4v) is 0.537. The minimum Gasteiger partial charge on any atom is -0.396 e. The zero-order chi connectivity index (χ0) is 6.62. The van der Waals surface area contributed by atoms with E-state index >= 15 is 0 Å². The lowest BCUT2D eigenvalue weighted by molar-refractivity contribution is 0.251. The lowest BCUT2D eigenvalue weighted by Crippen LogP contribution is -2.02. The van der Waals surface area contributed by atoms with Gasteiger partial charge < -0.3 is 10.00 Å². The second-order valence-electron chi connectivity index (χ2n) is 1.19. The van der Waals surface area contributed by atoms with E-state index in [1.165, 1.54) is 0 Å². The first kappa shape index (κ1) is 8.07. The molecule has 0 aromatic heterocycles. The van der Waals surface area contributed by atoms with Crippen molar-refractivity contribution in [3.8, 4) is 0 Å². The Hall–Kier alpha value is 0.0700. The third-order valence-electron chi connectivity index (χ3n) is 0.547. The molecule has 1 unspecified atom stereocenters. The first-order valence-electron chi connectivity index (χ1n) is 1.93. The molecule has 0 saturated carbocycles. The van der Waals surface area contributed by atoms with Gasteiger partial charge in [0.1, 0.15) is 0 Å². The van der Waals surface area contributed by atoms with Gasteiger partial charge in [0.25, 0.3) is 0 Å². The van der Waals surface area contributed by atoms with Crippen molar-refractivity contribution >= 4 is 7.60 Å². The van der Waals surface area contributed by atoms with Gasteiger partial charge in [0.2, 0.25) is 0 Å². The van der Waals surface area contributed by atoms with Crippen molar-refractivity contribution in [2.24, 2.45) is 5.90 Å². The van der Waals surface area contributed by atoms with Crippen LogP contribution < -0.4 is 5.90 Å². The van der Waals surface area contributed by atoms with E-state index in [9.17, 15) is 4.57 Å². The summed E-state index contributed by atoms with van der Waals surface area (Å²) in [5, 5.41) is 8.07. The van der Waals surface area contributed by atoms with Crippen molar-refractivity contribution in [1.29, 1.82) is 0 Å². The molecule has 0 aliphatic rings. The summed E-state index contributed by atoms with van der Waals surface area (Å²) >= 11 is 0.